The van der Waals surface area contributed by atoms with E-state index in [4.69, 9.17) is 5.73 Å². The Kier molecular flexibility index (Phi) is 2.75. The Morgan fingerprint density at radius 3 is 2.47 bits per heavy atom. The van der Waals surface area contributed by atoms with Gasteiger partial charge in [-0.15, -0.1) is 0 Å². The summed E-state index contributed by atoms with van der Waals surface area (Å²) in [5, 5.41) is 0. The van der Waals surface area contributed by atoms with E-state index in [2.05, 4.69) is 6.92 Å². The molecule has 2 fully saturated rings. The number of nitrogens with two attached hydrogens (primary N) is 1. The van der Waals surface area contributed by atoms with Gasteiger partial charge in [-0.3, -0.25) is 4.79 Å². The molecule has 2 saturated carbocycles. The van der Waals surface area contributed by atoms with E-state index in [0.717, 1.165) is 44.1 Å². The number of nitrogens with zero attached hydrogens (tertiary/aromatic N) is 1. The van der Waals surface area contributed by atoms with Crippen molar-refractivity contribution in [2.75, 3.05) is 13.6 Å². The smallest absolute Gasteiger partial charge is 0.242 e. The van der Waals surface area contributed by atoms with Crippen LogP contribution in [0, 0.1) is 11.8 Å². The fourth-order valence-corrected chi connectivity index (χ4v) is 2.69. The van der Waals surface area contributed by atoms with Crippen LogP contribution >= 0.6 is 0 Å². The molecule has 0 aromatic rings. The molecule has 0 heterocycles. The van der Waals surface area contributed by atoms with E-state index in [0.29, 0.717) is 0 Å². The van der Waals surface area contributed by atoms with Gasteiger partial charge in [-0.25, -0.2) is 0 Å². The summed E-state index contributed by atoms with van der Waals surface area (Å²) in [5.74, 6) is 1.70. The number of hydrogen-bond donors (Lipinski definition) is 1. The monoisotopic (exact) mass is 210 g/mol. The maximum atomic E-state index is 12.1. The van der Waals surface area contributed by atoms with Gasteiger partial charge in [-0.05, 0) is 31.1 Å². The number of hydrogen-bond acceptors (Lipinski definition) is 2. The lowest BCUT2D eigenvalue weighted by Gasteiger charge is -2.28. The summed E-state index contributed by atoms with van der Waals surface area (Å²) in [6, 6.07) is 0. The van der Waals surface area contributed by atoms with Crippen molar-refractivity contribution in [2.24, 2.45) is 17.6 Å². The molecule has 0 radical (unpaired) electrons. The van der Waals surface area contributed by atoms with Gasteiger partial charge in [0.25, 0.3) is 0 Å². The van der Waals surface area contributed by atoms with Gasteiger partial charge in [0.1, 0.15) is 0 Å². The maximum absolute atomic E-state index is 12.1. The zero-order valence-corrected chi connectivity index (χ0v) is 9.83. The van der Waals surface area contributed by atoms with Crippen LogP contribution in [-0.4, -0.2) is 29.9 Å². The van der Waals surface area contributed by atoms with Crippen LogP contribution in [0.4, 0.5) is 0 Å². The molecule has 15 heavy (non-hydrogen) atoms. The Hall–Kier alpha value is -0.570. The van der Waals surface area contributed by atoms with Gasteiger partial charge in [0.05, 0.1) is 5.54 Å². The molecule has 0 aromatic carbocycles. The molecule has 0 spiro atoms. The Balaban J connectivity index is 1.88. The minimum absolute atomic E-state index is 0.166. The summed E-state index contributed by atoms with van der Waals surface area (Å²) < 4.78 is 0. The lowest BCUT2D eigenvalue weighted by atomic mass is 9.97. The minimum Gasteiger partial charge on any atom is -0.344 e. The molecule has 0 aliphatic heterocycles. The molecule has 86 valence electrons. The van der Waals surface area contributed by atoms with E-state index in [1.54, 1.807) is 0 Å². The third-order valence-corrected chi connectivity index (χ3v) is 4.05. The van der Waals surface area contributed by atoms with Crippen molar-refractivity contribution in [1.29, 1.82) is 0 Å². The molecule has 2 unspecified atom stereocenters. The van der Waals surface area contributed by atoms with Gasteiger partial charge in [0.2, 0.25) is 5.91 Å². The van der Waals surface area contributed by atoms with Crippen LogP contribution in [0.15, 0.2) is 0 Å². The van der Waals surface area contributed by atoms with Crippen molar-refractivity contribution in [3.63, 3.8) is 0 Å². The SMILES string of the molecule is CC1CC1CN(C)C(=O)C1(N)CCCC1. The predicted molar refractivity (Wildman–Crippen MR) is 60.3 cm³/mol. The van der Waals surface area contributed by atoms with Crippen LogP contribution < -0.4 is 5.73 Å². The normalized spacial score (nSPS) is 32.7. The van der Waals surface area contributed by atoms with Gasteiger partial charge >= 0.3 is 0 Å². The van der Waals surface area contributed by atoms with Crippen LogP contribution in [0.1, 0.15) is 39.0 Å². The molecule has 2 aliphatic carbocycles. The van der Waals surface area contributed by atoms with Crippen LogP contribution in [-0.2, 0) is 4.79 Å². The predicted octanol–water partition coefficient (Wildman–Crippen LogP) is 1.37. The molecule has 0 saturated heterocycles. The van der Waals surface area contributed by atoms with Gasteiger partial charge in [-0.1, -0.05) is 19.8 Å². The quantitative estimate of drug-likeness (QED) is 0.764. The topological polar surface area (TPSA) is 46.3 Å². The minimum atomic E-state index is -0.535. The molecule has 2 N–H and O–H groups in total. The Morgan fingerprint density at radius 2 is 2.00 bits per heavy atom. The standard InChI is InChI=1S/C12H22N2O/c1-9-7-10(9)8-14(2)11(15)12(13)5-3-4-6-12/h9-10H,3-8,13H2,1-2H3. The second kappa shape index (κ2) is 3.78. The van der Waals surface area contributed by atoms with Gasteiger partial charge in [0.15, 0.2) is 0 Å². The van der Waals surface area contributed by atoms with E-state index in [1.165, 1.54) is 6.42 Å². The lowest BCUT2D eigenvalue weighted by molar-refractivity contribution is -0.135. The Bertz CT molecular complexity index is 258. The van der Waals surface area contributed by atoms with E-state index in [1.807, 2.05) is 11.9 Å². The van der Waals surface area contributed by atoms with Crippen LogP contribution in [0.25, 0.3) is 0 Å². The largest absolute Gasteiger partial charge is 0.344 e. The first kappa shape index (κ1) is 10.9. The third kappa shape index (κ3) is 2.17. The van der Waals surface area contributed by atoms with E-state index >= 15 is 0 Å². The number of carbonyl (C=O) groups excluding carboxylic acids is 1. The molecular formula is C12H22N2O. The summed E-state index contributed by atoms with van der Waals surface area (Å²) in [6.45, 7) is 3.15. The molecule has 2 atom stereocenters. The van der Waals surface area contributed by atoms with Crippen molar-refractivity contribution in [1.82, 2.24) is 4.90 Å². The second-order valence-electron chi connectivity index (χ2n) is 5.52. The fourth-order valence-electron chi connectivity index (χ4n) is 2.69. The van der Waals surface area contributed by atoms with Crippen molar-refractivity contribution < 1.29 is 4.79 Å². The first-order valence-electron chi connectivity index (χ1n) is 6.07. The molecule has 2 aliphatic rings. The first-order chi connectivity index (χ1) is 7.03. The van der Waals surface area contributed by atoms with Gasteiger partial charge in [0, 0.05) is 13.6 Å². The van der Waals surface area contributed by atoms with Crippen molar-refractivity contribution in [2.45, 2.75) is 44.6 Å². The summed E-state index contributed by atoms with van der Waals surface area (Å²) >= 11 is 0. The highest BCUT2D eigenvalue weighted by Gasteiger charge is 2.41. The van der Waals surface area contributed by atoms with Gasteiger partial charge in [-0.2, -0.15) is 0 Å². The Labute approximate surface area is 92.0 Å². The molecule has 0 aromatic heterocycles. The Morgan fingerprint density at radius 1 is 1.47 bits per heavy atom. The molecular weight excluding hydrogens is 188 g/mol. The van der Waals surface area contributed by atoms with Crippen LogP contribution in [0.3, 0.4) is 0 Å². The molecule has 1 amide bonds. The second-order valence-corrected chi connectivity index (χ2v) is 5.52. The van der Waals surface area contributed by atoms with Crippen molar-refractivity contribution in [3.8, 4) is 0 Å². The molecule has 3 nitrogen and oxygen atoms in total. The zero-order chi connectivity index (χ0) is 11.1. The average Bonchev–Trinajstić information content (AvgIpc) is 2.70. The highest BCUT2D eigenvalue weighted by molar-refractivity contribution is 5.86. The highest BCUT2D eigenvalue weighted by Crippen LogP contribution is 2.38. The van der Waals surface area contributed by atoms with Crippen molar-refractivity contribution in [3.05, 3.63) is 0 Å². The summed E-state index contributed by atoms with van der Waals surface area (Å²) in [7, 11) is 1.90. The summed E-state index contributed by atoms with van der Waals surface area (Å²) in [5.41, 5.74) is 5.61. The number of amides is 1. The molecule has 3 heteroatoms. The van der Waals surface area contributed by atoms with Gasteiger partial charge < -0.3 is 10.6 Å². The summed E-state index contributed by atoms with van der Waals surface area (Å²) in [4.78, 5) is 14.0. The maximum Gasteiger partial charge on any atom is 0.242 e. The van der Waals surface area contributed by atoms with Crippen molar-refractivity contribution >= 4 is 5.91 Å². The average molecular weight is 210 g/mol. The number of carbonyl (C=O) groups is 1. The van der Waals surface area contributed by atoms with Crippen LogP contribution in [0.2, 0.25) is 0 Å². The van der Waals surface area contributed by atoms with Crippen LogP contribution in [0.5, 0.6) is 0 Å². The number of likely N-dealkylation sites (N-methyl/N-ethyl adjacent to an activating group) is 1. The summed E-state index contributed by atoms with van der Waals surface area (Å²) in [6.07, 6.45) is 5.23. The first-order valence-corrected chi connectivity index (χ1v) is 6.07. The fraction of sp³-hybridized carbons (Fsp3) is 0.917. The van der Waals surface area contributed by atoms with E-state index in [-0.39, 0.29) is 5.91 Å². The van der Waals surface area contributed by atoms with E-state index < -0.39 is 5.54 Å². The highest BCUT2D eigenvalue weighted by atomic mass is 16.2. The molecule has 2 rings (SSSR count). The molecule has 0 bridgehead atoms. The zero-order valence-electron chi connectivity index (χ0n) is 9.83. The lowest BCUT2D eigenvalue weighted by Crippen LogP contribution is -2.52. The third-order valence-electron chi connectivity index (χ3n) is 4.05. The number of rotatable bonds is 3. The van der Waals surface area contributed by atoms with E-state index in [9.17, 15) is 4.79 Å².